The fraction of sp³-hybridized carbons (Fsp3) is 0.467. The summed E-state index contributed by atoms with van der Waals surface area (Å²) in [6, 6.07) is 8.28. The van der Waals surface area contributed by atoms with Gasteiger partial charge in [0.2, 0.25) is 0 Å². The van der Waals surface area contributed by atoms with E-state index in [2.05, 4.69) is 23.3 Å². The zero-order valence-corrected chi connectivity index (χ0v) is 13.2. The van der Waals surface area contributed by atoms with Crippen LogP contribution in [0.1, 0.15) is 31.7 Å². The fourth-order valence-electron chi connectivity index (χ4n) is 1.79. The predicted octanol–water partition coefficient (Wildman–Crippen LogP) is 3.45. The molecule has 0 saturated carbocycles. The van der Waals surface area contributed by atoms with E-state index in [1.165, 1.54) is 4.70 Å². The quantitative estimate of drug-likeness (QED) is 0.937. The van der Waals surface area contributed by atoms with E-state index in [4.69, 9.17) is 0 Å². The lowest BCUT2D eigenvalue weighted by Crippen LogP contribution is -2.42. The molecule has 1 aromatic heterocycles. The van der Waals surface area contributed by atoms with E-state index in [0.29, 0.717) is 6.54 Å². The summed E-state index contributed by atoms with van der Waals surface area (Å²) in [7, 11) is 1.81. The Labute approximate surface area is 123 Å². The highest BCUT2D eigenvalue weighted by Gasteiger charge is 2.15. The molecule has 0 saturated heterocycles. The van der Waals surface area contributed by atoms with Crippen molar-refractivity contribution >= 4 is 27.6 Å². The zero-order valence-electron chi connectivity index (χ0n) is 12.4. The van der Waals surface area contributed by atoms with Gasteiger partial charge in [-0.25, -0.2) is 9.78 Å². The first kappa shape index (κ1) is 14.8. The van der Waals surface area contributed by atoms with Gasteiger partial charge in [0.15, 0.2) is 0 Å². The molecule has 20 heavy (non-hydrogen) atoms. The number of fused-ring (bicyclic) bond motifs is 1. The van der Waals surface area contributed by atoms with E-state index in [0.717, 1.165) is 10.5 Å². The van der Waals surface area contributed by atoms with Crippen LogP contribution in [0.4, 0.5) is 4.79 Å². The number of carbonyl (C=O) groups excluding carboxylic acids is 1. The van der Waals surface area contributed by atoms with Gasteiger partial charge in [0.05, 0.1) is 15.2 Å². The van der Waals surface area contributed by atoms with E-state index >= 15 is 0 Å². The van der Waals surface area contributed by atoms with Crippen molar-refractivity contribution in [3.63, 3.8) is 0 Å². The SMILES string of the molecule is CC(C)N(C)C(=O)NC[C@@H](C)c1nc2ccccc2s1. The maximum atomic E-state index is 11.9. The Morgan fingerprint density at radius 3 is 2.70 bits per heavy atom. The number of urea groups is 1. The molecule has 0 radical (unpaired) electrons. The van der Waals surface area contributed by atoms with Crippen LogP contribution in [0, 0.1) is 0 Å². The molecule has 0 bridgehead atoms. The maximum Gasteiger partial charge on any atom is 0.317 e. The van der Waals surface area contributed by atoms with E-state index in [1.807, 2.05) is 39.1 Å². The standard InChI is InChI=1S/C15H21N3OS/c1-10(2)18(4)15(19)16-9-11(3)14-17-12-7-5-6-8-13(12)20-14/h5-8,10-11H,9H2,1-4H3,(H,16,19)/t11-/m1/s1. The molecule has 1 N–H and O–H groups in total. The number of rotatable bonds is 4. The van der Waals surface area contributed by atoms with Gasteiger partial charge in [0, 0.05) is 25.6 Å². The summed E-state index contributed by atoms with van der Waals surface area (Å²) in [6.45, 7) is 6.69. The Kier molecular flexibility index (Phi) is 4.60. The number of nitrogens with one attached hydrogen (secondary N) is 1. The predicted molar refractivity (Wildman–Crippen MR) is 84.3 cm³/mol. The second-order valence-electron chi connectivity index (χ2n) is 5.31. The molecular weight excluding hydrogens is 270 g/mol. The van der Waals surface area contributed by atoms with Gasteiger partial charge in [-0.3, -0.25) is 0 Å². The minimum Gasteiger partial charge on any atom is -0.337 e. The summed E-state index contributed by atoms with van der Waals surface area (Å²) in [5, 5.41) is 4.03. The number of para-hydroxylation sites is 1. The molecule has 0 aliphatic heterocycles. The van der Waals surface area contributed by atoms with Crippen LogP contribution in [-0.2, 0) is 0 Å². The van der Waals surface area contributed by atoms with Gasteiger partial charge in [-0.2, -0.15) is 0 Å². The van der Waals surface area contributed by atoms with Gasteiger partial charge < -0.3 is 10.2 Å². The number of hydrogen-bond acceptors (Lipinski definition) is 3. The first-order valence-electron chi connectivity index (χ1n) is 6.85. The highest BCUT2D eigenvalue weighted by molar-refractivity contribution is 7.18. The summed E-state index contributed by atoms with van der Waals surface area (Å²) >= 11 is 1.70. The lowest BCUT2D eigenvalue weighted by atomic mass is 10.2. The Bertz CT molecular complexity index is 561. The van der Waals surface area contributed by atoms with E-state index in [1.54, 1.807) is 16.2 Å². The molecule has 2 amide bonds. The summed E-state index contributed by atoms with van der Waals surface area (Å²) < 4.78 is 1.19. The molecule has 1 aromatic carbocycles. The van der Waals surface area contributed by atoms with Crippen LogP contribution in [0.5, 0.6) is 0 Å². The molecule has 0 fully saturated rings. The maximum absolute atomic E-state index is 11.9. The van der Waals surface area contributed by atoms with Crippen molar-refractivity contribution in [1.29, 1.82) is 0 Å². The second kappa shape index (κ2) is 6.22. The van der Waals surface area contributed by atoms with E-state index in [9.17, 15) is 4.79 Å². The summed E-state index contributed by atoms with van der Waals surface area (Å²) in [4.78, 5) is 18.2. The van der Waals surface area contributed by atoms with E-state index < -0.39 is 0 Å². The summed E-state index contributed by atoms with van der Waals surface area (Å²) in [5.74, 6) is 0.219. The molecule has 2 aromatic rings. The zero-order chi connectivity index (χ0) is 14.7. The minimum absolute atomic E-state index is 0.0343. The van der Waals surface area contributed by atoms with Crippen molar-refractivity contribution in [3.8, 4) is 0 Å². The number of nitrogens with zero attached hydrogens (tertiary/aromatic N) is 2. The van der Waals surface area contributed by atoms with Gasteiger partial charge in [0.1, 0.15) is 0 Å². The molecule has 1 atom stereocenters. The van der Waals surface area contributed by atoms with Gasteiger partial charge in [-0.05, 0) is 26.0 Å². The molecule has 2 rings (SSSR count). The van der Waals surface area contributed by atoms with Crippen LogP contribution in [0.2, 0.25) is 0 Å². The van der Waals surface area contributed by atoms with Crippen LogP contribution in [0.3, 0.4) is 0 Å². The smallest absolute Gasteiger partial charge is 0.317 e. The topological polar surface area (TPSA) is 45.2 Å². The van der Waals surface area contributed by atoms with Crippen molar-refractivity contribution in [2.45, 2.75) is 32.7 Å². The van der Waals surface area contributed by atoms with Gasteiger partial charge in [-0.15, -0.1) is 11.3 Å². The van der Waals surface area contributed by atoms with Crippen LogP contribution < -0.4 is 5.32 Å². The Morgan fingerprint density at radius 2 is 2.05 bits per heavy atom. The van der Waals surface area contributed by atoms with Crippen LogP contribution >= 0.6 is 11.3 Å². The molecular formula is C15H21N3OS. The molecule has 0 unspecified atom stereocenters. The van der Waals surface area contributed by atoms with Crippen LogP contribution in [0.15, 0.2) is 24.3 Å². The Hall–Kier alpha value is -1.62. The lowest BCUT2D eigenvalue weighted by Gasteiger charge is -2.22. The van der Waals surface area contributed by atoms with Crippen molar-refractivity contribution in [3.05, 3.63) is 29.3 Å². The first-order valence-corrected chi connectivity index (χ1v) is 7.66. The summed E-state index contributed by atoms with van der Waals surface area (Å²) in [5.41, 5.74) is 1.03. The fourth-order valence-corrected chi connectivity index (χ4v) is 2.81. The average Bonchev–Trinajstić information content (AvgIpc) is 2.87. The number of carbonyl (C=O) groups is 1. The largest absolute Gasteiger partial charge is 0.337 e. The molecule has 1 heterocycles. The van der Waals surface area contributed by atoms with Crippen LogP contribution in [-0.4, -0.2) is 35.5 Å². The van der Waals surface area contributed by atoms with Gasteiger partial charge >= 0.3 is 6.03 Å². The van der Waals surface area contributed by atoms with Crippen molar-refractivity contribution in [1.82, 2.24) is 15.2 Å². The number of amides is 2. The average molecular weight is 291 g/mol. The van der Waals surface area contributed by atoms with Gasteiger partial charge in [0.25, 0.3) is 0 Å². The first-order chi connectivity index (χ1) is 9.49. The summed E-state index contributed by atoms with van der Waals surface area (Å²) in [6.07, 6.45) is 0. The van der Waals surface area contributed by atoms with Crippen molar-refractivity contribution in [2.75, 3.05) is 13.6 Å². The van der Waals surface area contributed by atoms with Crippen LogP contribution in [0.25, 0.3) is 10.2 Å². The van der Waals surface area contributed by atoms with Crippen molar-refractivity contribution in [2.24, 2.45) is 0 Å². The molecule has 4 nitrogen and oxygen atoms in total. The normalized spacial score (nSPS) is 12.7. The molecule has 0 aliphatic rings. The molecule has 0 aliphatic carbocycles. The Balaban J connectivity index is 1.98. The van der Waals surface area contributed by atoms with E-state index in [-0.39, 0.29) is 18.0 Å². The number of benzene rings is 1. The monoisotopic (exact) mass is 291 g/mol. The minimum atomic E-state index is -0.0343. The highest BCUT2D eigenvalue weighted by Crippen LogP contribution is 2.26. The Morgan fingerprint density at radius 1 is 1.35 bits per heavy atom. The molecule has 108 valence electrons. The van der Waals surface area contributed by atoms with Crippen molar-refractivity contribution < 1.29 is 4.79 Å². The number of thiazole rings is 1. The second-order valence-corrected chi connectivity index (χ2v) is 6.37. The number of hydrogen-bond donors (Lipinski definition) is 1. The highest BCUT2D eigenvalue weighted by atomic mass is 32.1. The molecule has 0 spiro atoms. The third-order valence-corrected chi connectivity index (χ3v) is 4.65. The van der Waals surface area contributed by atoms with Gasteiger partial charge in [-0.1, -0.05) is 19.1 Å². The number of aromatic nitrogens is 1. The molecule has 5 heteroatoms. The third kappa shape index (κ3) is 3.28. The lowest BCUT2D eigenvalue weighted by molar-refractivity contribution is 0.197. The third-order valence-electron chi connectivity index (χ3n) is 3.39.